The Balaban J connectivity index is 2.89. The van der Waals surface area contributed by atoms with Crippen LogP contribution in [0.4, 0.5) is 5.69 Å². The first kappa shape index (κ1) is 17.5. The van der Waals surface area contributed by atoms with Crippen LogP contribution >= 0.6 is 0 Å². The summed E-state index contributed by atoms with van der Waals surface area (Å²) < 4.78 is 0. The third-order valence-electron chi connectivity index (χ3n) is 3.85. The molecular weight excluding hydrogens is 260 g/mol. The van der Waals surface area contributed by atoms with Gasteiger partial charge in [0.15, 0.2) is 0 Å². The van der Waals surface area contributed by atoms with Crippen molar-refractivity contribution in [3.8, 4) is 0 Å². The van der Waals surface area contributed by atoms with Crippen LogP contribution in [0.25, 0.3) is 0 Å². The zero-order valence-electron chi connectivity index (χ0n) is 14.1. The van der Waals surface area contributed by atoms with Gasteiger partial charge in [-0.15, -0.1) is 0 Å². The third-order valence-corrected chi connectivity index (χ3v) is 3.85. The average molecular weight is 290 g/mol. The Morgan fingerprint density at radius 3 is 2.10 bits per heavy atom. The van der Waals surface area contributed by atoms with E-state index in [4.69, 9.17) is 5.73 Å². The van der Waals surface area contributed by atoms with E-state index in [-0.39, 0.29) is 5.91 Å². The van der Waals surface area contributed by atoms with E-state index in [1.165, 1.54) is 0 Å². The van der Waals surface area contributed by atoms with Gasteiger partial charge in [-0.1, -0.05) is 33.8 Å². The molecule has 0 spiro atoms. The van der Waals surface area contributed by atoms with Crippen molar-refractivity contribution in [1.82, 2.24) is 4.90 Å². The molecule has 1 aromatic carbocycles. The van der Waals surface area contributed by atoms with Crippen molar-refractivity contribution < 1.29 is 4.79 Å². The molecule has 0 aliphatic rings. The van der Waals surface area contributed by atoms with Crippen molar-refractivity contribution in [2.24, 2.45) is 11.8 Å². The van der Waals surface area contributed by atoms with Crippen LogP contribution in [0.15, 0.2) is 18.2 Å². The summed E-state index contributed by atoms with van der Waals surface area (Å²) in [6.07, 6.45) is 2.07. The topological polar surface area (TPSA) is 46.3 Å². The van der Waals surface area contributed by atoms with Gasteiger partial charge in [0.2, 0.25) is 0 Å². The summed E-state index contributed by atoms with van der Waals surface area (Å²) in [4.78, 5) is 14.8. The quantitative estimate of drug-likeness (QED) is 0.768. The number of amides is 1. The first-order valence-corrected chi connectivity index (χ1v) is 7.97. The predicted molar refractivity (Wildman–Crippen MR) is 90.4 cm³/mol. The number of benzene rings is 1. The highest BCUT2D eigenvalue weighted by Crippen LogP contribution is 2.19. The molecule has 0 aromatic heterocycles. The number of nitrogens with two attached hydrogens (primary N) is 1. The first-order chi connectivity index (χ1) is 9.82. The highest BCUT2D eigenvalue weighted by atomic mass is 16.2. The van der Waals surface area contributed by atoms with Gasteiger partial charge in [-0.25, -0.2) is 0 Å². The van der Waals surface area contributed by atoms with Crippen LogP contribution in [-0.4, -0.2) is 23.9 Å². The molecule has 0 aliphatic heterocycles. The van der Waals surface area contributed by atoms with E-state index < -0.39 is 0 Å². The largest absolute Gasteiger partial charge is 0.398 e. The highest BCUT2D eigenvalue weighted by Gasteiger charge is 2.18. The van der Waals surface area contributed by atoms with Gasteiger partial charge in [0.1, 0.15) is 0 Å². The molecule has 21 heavy (non-hydrogen) atoms. The minimum absolute atomic E-state index is 0.112. The van der Waals surface area contributed by atoms with Gasteiger partial charge in [0.25, 0.3) is 5.91 Å². The number of nitrogens with zero attached hydrogens (tertiary/aromatic N) is 1. The maximum atomic E-state index is 12.8. The standard InChI is InChI=1S/C18H30N2O/c1-13(2)9-11-20(12-10-14(3)4)18(21)16-7-6-8-17(19)15(16)5/h6-8,13-14H,9-12,19H2,1-5H3. The Labute approximate surface area is 129 Å². The number of hydrogen-bond donors (Lipinski definition) is 1. The maximum Gasteiger partial charge on any atom is 0.254 e. The van der Waals surface area contributed by atoms with Crippen LogP contribution in [0.3, 0.4) is 0 Å². The lowest BCUT2D eigenvalue weighted by atomic mass is 10.0. The fraction of sp³-hybridized carbons (Fsp3) is 0.611. The SMILES string of the molecule is Cc1c(N)cccc1C(=O)N(CCC(C)C)CCC(C)C. The second-order valence-electron chi connectivity index (χ2n) is 6.68. The summed E-state index contributed by atoms with van der Waals surface area (Å²) in [7, 11) is 0. The van der Waals surface area contributed by atoms with E-state index in [0.717, 1.165) is 37.1 Å². The molecule has 1 rings (SSSR count). The molecule has 3 heteroatoms. The summed E-state index contributed by atoms with van der Waals surface area (Å²) in [5, 5.41) is 0. The molecule has 0 saturated heterocycles. The summed E-state index contributed by atoms with van der Waals surface area (Å²) in [6.45, 7) is 12.3. The number of nitrogen functional groups attached to an aromatic ring is 1. The zero-order valence-corrected chi connectivity index (χ0v) is 14.1. The monoisotopic (exact) mass is 290 g/mol. The molecule has 1 amide bonds. The summed E-state index contributed by atoms with van der Waals surface area (Å²) in [5.41, 5.74) is 8.25. The second kappa shape index (κ2) is 8.06. The first-order valence-electron chi connectivity index (χ1n) is 7.97. The van der Waals surface area contributed by atoms with Gasteiger partial charge in [-0.2, -0.15) is 0 Å². The number of anilines is 1. The van der Waals surface area contributed by atoms with Gasteiger partial charge in [0, 0.05) is 24.3 Å². The second-order valence-corrected chi connectivity index (χ2v) is 6.68. The number of carbonyl (C=O) groups excluding carboxylic acids is 1. The van der Waals surface area contributed by atoms with Gasteiger partial charge in [0.05, 0.1) is 0 Å². The van der Waals surface area contributed by atoms with E-state index in [0.29, 0.717) is 17.5 Å². The Kier molecular flexibility index (Phi) is 6.73. The maximum absolute atomic E-state index is 12.8. The summed E-state index contributed by atoms with van der Waals surface area (Å²) >= 11 is 0. The van der Waals surface area contributed by atoms with Crippen LogP contribution < -0.4 is 5.73 Å². The van der Waals surface area contributed by atoms with Crippen molar-refractivity contribution in [1.29, 1.82) is 0 Å². The van der Waals surface area contributed by atoms with E-state index in [1.54, 1.807) is 0 Å². The lowest BCUT2D eigenvalue weighted by Gasteiger charge is -2.25. The van der Waals surface area contributed by atoms with E-state index in [2.05, 4.69) is 27.7 Å². The van der Waals surface area contributed by atoms with E-state index in [1.807, 2.05) is 30.0 Å². The molecule has 2 N–H and O–H groups in total. The van der Waals surface area contributed by atoms with Gasteiger partial charge in [-0.05, 0) is 49.3 Å². The highest BCUT2D eigenvalue weighted by molar-refractivity contribution is 5.96. The minimum Gasteiger partial charge on any atom is -0.398 e. The Bertz CT molecular complexity index is 454. The van der Waals surface area contributed by atoms with Crippen LogP contribution in [0.2, 0.25) is 0 Å². The fourth-order valence-corrected chi connectivity index (χ4v) is 2.20. The van der Waals surface area contributed by atoms with Crippen LogP contribution in [-0.2, 0) is 0 Å². The Morgan fingerprint density at radius 1 is 1.10 bits per heavy atom. The molecule has 1 aromatic rings. The Hall–Kier alpha value is -1.51. The lowest BCUT2D eigenvalue weighted by Crippen LogP contribution is -2.34. The lowest BCUT2D eigenvalue weighted by molar-refractivity contribution is 0.0740. The van der Waals surface area contributed by atoms with Gasteiger partial charge in [-0.3, -0.25) is 4.79 Å². The smallest absolute Gasteiger partial charge is 0.254 e. The minimum atomic E-state index is 0.112. The average Bonchev–Trinajstić information content (AvgIpc) is 2.40. The fourth-order valence-electron chi connectivity index (χ4n) is 2.20. The normalized spacial score (nSPS) is 11.2. The molecule has 0 bridgehead atoms. The van der Waals surface area contributed by atoms with E-state index in [9.17, 15) is 4.79 Å². The Morgan fingerprint density at radius 2 is 1.62 bits per heavy atom. The molecule has 0 heterocycles. The molecular formula is C18H30N2O. The van der Waals surface area contributed by atoms with Gasteiger partial charge < -0.3 is 10.6 Å². The summed E-state index contributed by atoms with van der Waals surface area (Å²) in [6, 6.07) is 5.59. The van der Waals surface area contributed by atoms with Gasteiger partial charge >= 0.3 is 0 Å². The van der Waals surface area contributed by atoms with Crippen LogP contribution in [0.5, 0.6) is 0 Å². The molecule has 0 unspecified atom stereocenters. The van der Waals surface area contributed by atoms with Crippen LogP contribution in [0.1, 0.15) is 56.5 Å². The third kappa shape index (κ3) is 5.41. The summed E-state index contributed by atoms with van der Waals surface area (Å²) in [5.74, 6) is 1.31. The van der Waals surface area contributed by atoms with Crippen molar-refractivity contribution in [2.45, 2.75) is 47.5 Å². The molecule has 0 aliphatic carbocycles. The zero-order chi connectivity index (χ0) is 16.0. The number of carbonyl (C=O) groups is 1. The molecule has 118 valence electrons. The molecule has 0 fully saturated rings. The van der Waals surface area contributed by atoms with Crippen molar-refractivity contribution >= 4 is 11.6 Å². The molecule has 3 nitrogen and oxygen atoms in total. The van der Waals surface area contributed by atoms with Crippen LogP contribution in [0, 0.1) is 18.8 Å². The van der Waals surface area contributed by atoms with Crippen molar-refractivity contribution in [3.63, 3.8) is 0 Å². The van der Waals surface area contributed by atoms with Crippen molar-refractivity contribution in [2.75, 3.05) is 18.8 Å². The van der Waals surface area contributed by atoms with E-state index >= 15 is 0 Å². The molecule has 0 radical (unpaired) electrons. The van der Waals surface area contributed by atoms with Crippen molar-refractivity contribution in [3.05, 3.63) is 29.3 Å². The molecule has 0 saturated carbocycles. The number of rotatable bonds is 7. The number of hydrogen-bond acceptors (Lipinski definition) is 2. The molecule has 0 atom stereocenters. The predicted octanol–water partition coefficient (Wildman–Crippen LogP) is 4.11.